The highest BCUT2D eigenvalue weighted by molar-refractivity contribution is 7.12. The fourth-order valence-electron chi connectivity index (χ4n) is 0.975. The molecule has 0 fully saturated rings. The smallest absolute Gasteiger partial charge is 0.261 e. The fraction of sp³-hybridized carbons (Fsp3) is 0.125. The van der Waals surface area contributed by atoms with Gasteiger partial charge in [-0.15, -0.1) is 11.3 Å². The highest BCUT2D eigenvalue weighted by atomic mass is 32.1. The normalized spacial score (nSPS) is 10.0. The van der Waals surface area contributed by atoms with E-state index >= 15 is 0 Å². The predicted octanol–water partition coefficient (Wildman–Crippen LogP) is 0.796. The lowest BCUT2D eigenvalue weighted by Crippen LogP contribution is -2.22. The molecule has 0 unspecified atom stereocenters. The van der Waals surface area contributed by atoms with Gasteiger partial charge in [0, 0.05) is 0 Å². The van der Waals surface area contributed by atoms with Crippen molar-refractivity contribution in [2.45, 2.75) is 6.54 Å². The molecule has 0 radical (unpaired) electrons. The molecule has 2 heterocycles. The third-order valence-corrected chi connectivity index (χ3v) is 2.49. The molecule has 2 rings (SSSR count). The minimum atomic E-state index is -0.0867. The Morgan fingerprint density at radius 2 is 2.57 bits per heavy atom. The summed E-state index contributed by atoms with van der Waals surface area (Å²) in [4.78, 5) is 16.0. The van der Waals surface area contributed by atoms with Crippen molar-refractivity contribution >= 4 is 17.2 Å². The lowest BCUT2D eigenvalue weighted by atomic mass is 10.4. The van der Waals surface area contributed by atoms with Crippen LogP contribution < -0.4 is 5.32 Å². The number of H-pyrrole nitrogens is 1. The number of nitrogens with zero attached hydrogens (tertiary/aromatic N) is 2. The summed E-state index contributed by atoms with van der Waals surface area (Å²) in [6, 6.07) is 3.62. The summed E-state index contributed by atoms with van der Waals surface area (Å²) in [6.45, 7) is 0.372. The lowest BCUT2D eigenvalue weighted by molar-refractivity contribution is 0.0954. The third kappa shape index (κ3) is 1.97. The second kappa shape index (κ2) is 4.01. The zero-order chi connectivity index (χ0) is 9.80. The maximum atomic E-state index is 11.4. The SMILES string of the molecule is O=C(NCc1ncn[nH]1)c1cccs1. The third-order valence-electron chi connectivity index (χ3n) is 1.63. The molecule has 0 spiro atoms. The van der Waals surface area contributed by atoms with Crippen molar-refractivity contribution in [3.8, 4) is 0 Å². The zero-order valence-electron chi connectivity index (χ0n) is 7.23. The molecule has 0 saturated carbocycles. The Hall–Kier alpha value is -1.69. The van der Waals surface area contributed by atoms with Gasteiger partial charge in [-0.05, 0) is 11.4 Å². The van der Waals surface area contributed by atoms with Crippen LogP contribution in [0.15, 0.2) is 23.8 Å². The molecule has 0 aromatic carbocycles. The largest absolute Gasteiger partial charge is 0.344 e. The maximum absolute atomic E-state index is 11.4. The average Bonchev–Trinajstić information content (AvgIpc) is 2.87. The predicted molar refractivity (Wildman–Crippen MR) is 51.9 cm³/mol. The van der Waals surface area contributed by atoms with Crippen LogP contribution in [0.25, 0.3) is 0 Å². The first-order chi connectivity index (χ1) is 6.86. The number of aromatic nitrogens is 3. The van der Waals surface area contributed by atoms with E-state index in [1.807, 2.05) is 11.4 Å². The van der Waals surface area contributed by atoms with Crippen LogP contribution in [0, 0.1) is 0 Å². The van der Waals surface area contributed by atoms with E-state index < -0.39 is 0 Å². The van der Waals surface area contributed by atoms with E-state index in [0.717, 1.165) is 0 Å². The van der Waals surface area contributed by atoms with Crippen LogP contribution >= 0.6 is 11.3 Å². The van der Waals surface area contributed by atoms with Crippen LogP contribution in [0.1, 0.15) is 15.5 Å². The van der Waals surface area contributed by atoms with Crippen molar-refractivity contribution in [1.82, 2.24) is 20.5 Å². The van der Waals surface area contributed by atoms with Gasteiger partial charge < -0.3 is 5.32 Å². The van der Waals surface area contributed by atoms with E-state index in [2.05, 4.69) is 20.5 Å². The van der Waals surface area contributed by atoms with E-state index in [1.165, 1.54) is 17.7 Å². The summed E-state index contributed by atoms with van der Waals surface area (Å²) in [6.07, 6.45) is 1.41. The van der Waals surface area contributed by atoms with Crippen molar-refractivity contribution in [3.05, 3.63) is 34.5 Å². The van der Waals surface area contributed by atoms with Crippen molar-refractivity contribution < 1.29 is 4.79 Å². The standard InChI is InChI=1S/C8H8N4OS/c13-8(6-2-1-3-14-6)9-4-7-10-5-11-12-7/h1-3,5H,4H2,(H,9,13)(H,10,11,12). The number of hydrogen-bond donors (Lipinski definition) is 2. The molecule has 0 aliphatic heterocycles. The first-order valence-corrected chi connectivity index (χ1v) is 4.90. The van der Waals surface area contributed by atoms with Gasteiger partial charge in [0.1, 0.15) is 12.2 Å². The first kappa shape index (κ1) is 8.89. The van der Waals surface area contributed by atoms with Crippen LogP contribution in [0.4, 0.5) is 0 Å². The van der Waals surface area contributed by atoms with Gasteiger partial charge in [-0.1, -0.05) is 6.07 Å². The lowest BCUT2D eigenvalue weighted by Gasteiger charge is -1.99. The second-order valence-electron chi connectivity index (χ2n) is 2.59. The summed E-state index contributed by atoms with van der Waals surface area (Å²) in [5.41, 5.74) is 0. The number of aromatic amines is 1. The topological polar surface area (TPSA) is 70.7 Å². The monoisotopic (exact) mass is 208 g/mol. The molecule has 0 atom stereocenters. The first-order valence-electron chi connectivity index (χ1n) is 4.02. The Morgan fingerprint density at radius 1 is 1.64 bits per heavy atom. The highest BCUT2D eigenvalue weighted by Gasteiger charge is 2.05. The Balaban J connectivity index is 1.90. The molecule has 6 heteroatoms. The number of thiophene rings is 1. The Kier molecular flexibility index (Phi) is 2.55. The minimum absolute atomic E-state index is 0.0867. The Morgan fingerprint density at radius 3 is 3.21 bits per heavy atom. The molecule has 14 heavy (non-hydrogen) atoms. The number of carbonyl (C=O) groups is 1. The van der Waals surface area contributed by atoms with Crippen LogP contribution in [0.5, 0.6) is 0 Å². The second-order valence-corrected chi connectivity index (χ2v) is 3.54. The van der Waals surface area contributed by atoms with E-state index in [-0.39, 0.29) is 5.91 Å². The zero-order valence-corrected chi connectivity index (χ0v) is 8.04. The molecule has 0 aliphatic carbocycles. The summed E-state index contributed by atoms with van der Waals surface area (Å²) in [5.74, 6) is 0.561. The van der Waals surface area contributed by atoms with Crippen LogP contribution in [0.2, 0.25) is 0 Å². The number of rotatable bonds is 3. The average molecular weight is 208 g/mol. The Labute approximate surface area is 84.2 Å². The molecular formula is C8H8N4OS. The summed E-state index contributed by atoms with van der Waals surface area (Å²) in [5, 5.41) is 10.9. The van der Waals surface area contributed by atoms with Crippen LogP contribution in [-0.2, 0) is 6.54 Å². The molecule has 0 saturated heterocycles. The molecule has 5 nitrogen and oxygen atoms in total. The molecule has 2 aromatic rings. The van der Waals surface area contributed by atoms with E-state index in [0.29, 0.717) is 17.2 Å². The summed E-state index contributed by atoms with van der Waals surface area (Å²) in [7, 11) is 0. The number of nitrogens with one attached hydrogen (secondary N) is 2. The quantitative estimate of drug-likeness (QED) is 0.783. The number of carbonyl (C=O) groups excluding carboxylic acids is 1. The summed E-state index contributed by atoms with van der Waals surface area (Å²) >= 11 is 1.41. The van der Waals surface area contributed by atoms with Gasteiger partial charge in [-0.25, -0.2) is 4.98 Å². The van der Waals surface area contributed by atoms with Crippen molar-refractivity contribution in [1.29, 1.82) is 0 Å². The molecular weight excluding hydrogens is 200 g/mol. The van der Waals surface area contributed by atoms with Crippen LogP contribution in [-0.4, -0.2) is 21.1 Å². The minimum Gasteiger partial charge on any atom is -0.344 e. The highest BCUT2D eigenvalue weighted by Crippen LogP contribution is 2.07. The maximum Gasteiger partial charge on any atom is 0.261 e. The molecule has 2 N–H and O–H groups in total. The van der Waals surface area contributed by atoms with E-state index in [9.17, 15) is 4.79 Å². The van der Waals surface area contributed by atoms with Gasteiger partial charge >= 0.3 is 0 Å². The van der Waals surface area contributed by atoms with Gasteiger partial charge in [0.15, 0.2) is 0 Å². The fourth-order valence-corrected chi connectivity index (χ4v) is 1.61. The van der Waals surface area contributed by atoms with Gasteiger partial charge in [-0.2, -0.15) is 5.10 Å². The van der Waals surface area contributed by atoms with Gasteiger partial charge in [0.05, 0.1) is 11.4 Å². The van der Waals surface area contributed by atoms with Crippen LogP contribution in [0.3, 0.4) is 0 Å². The molecule has 72 valence electrons. The van der Waals surface area contributed by atoms with Crippen molar-refractivity contribution in [3.63, 3.8) is 0 Å². The Bertz CT molecular complexity index is 395. The molecule has 0 bridgehead atoms. The van der Waals surface area contributed by atoms with Gasteiger partial charge in [0.25, 0.3) is 5.91 Å². The molecule has 0 aliphatic rings. The van der Waals surface area contributed by atoms with E-state index in [1.54, 1.807) is 6.07 Å². The summed E-state index contributed by atoms with van der Waals surface area (Å²) < 4.78 is 0. The van der Waals surface area contributed by atoms with E-state index in [4.69, 9.17) is 0 Å². The van der Waals surface area contributed by atoms with Crippen molar-refractivity contribution in [2.24, 2.45) is 0 Å². The van der Waals surface area contributed by atoms with Gasteiger partial charge in [-0.3, -0.25) is 9.89 Å². The van der Waals surface area contributed by atoms with Gasteiger partial charge in [0.2, 0.25) is 0 Å². The number of hydrogen-bond acceptors (Lipinski definition) is 4. The molecule has 1 amide bonds. The number of amides is 1. The molecule has 2 aromatic heterocycles. The van der Waals surface area contributed by atoms with Crippen molar-refractivity contribution in [2.75, 3.05) is 0 Å².